The minimum atomic E-state index is -0.586. The number of methoxy groups -OCH3 is 2. The van der Waals surface area contributed by atoms with E-state index in [-0.39, 0.29) is 22.9 Å². The Bertz CT molecular complexity index is 1190. The summed E-state index contributed by atoms with van der Waals surface area (Å²) in [6, 6.07) is 17.2. The third kappa shape index (κ3) is 4.14. The summed E-state index contributed by atoms with van der Waals surface area (Å²) in [6.45, 7) is 1.96. The predicted octanol–water partition coefficient (Wildman–Crippen LogP) is 4.85. The van der Waals surface area contributed by atoms with E-state index in [1.54, 1.807) is 36.4 Å². The highest BCUT2D eigenvalue weighted by Crippen LogP contribution is 2.35. The standard InChI is InChI=1S/C25H20O6/c1-15-6-4-5-7-16(15)12-23-24(26)21-9-8-18(14-22(21)31-23)30-25(27)17-10-19(28-2)13-20(11-17)29-3/h4-14H,1-3H3/b23-12-. The Kier molecular flexibility index (Phi) is 5.45. The molecule has 0 aliphatic carbocycles. The van der Waals surface area contributed by atoms with Crippen molar-refractivity contribution in [1.82, 2.24) is 0 Å². The van der Waals surface area contributed by atoms with Crippen molar-refractivity contribution in [1.29, 1.82) is 0 Å². The number of ether oxygens (including phenoxy) is 4. The molecule has 3 aromatic carbocycles. The maximum Gasteiger partial charge on any atom is 0.343 e. The lowest BCUT2D eigenvalue weighted by Crippen LogP contribution is -2.09. The van der Waals surface area contributed by atoms with Crippen molar-refractivity contribution in [2.75, 3.05) is 14.2 Å². The van der Waals surface area contributed by atoms with E-state index in [4.69, 9.17) is 18.9 Å². The van der Waals surface area contributed by atoms with Crippen LogP contribution >= 0.6 is 0 Å². The molecule has 1 heterocycles. The number of Topliss-reactive ketones (excluding diaryl/α,β-unsaturated/α-hetero) is 1. The van der Waals surface area contributed by atoms with Crippen molar-refractivity contribution < 1.29 is 28.5 Å². The maximum absolute atomic E-state index is 12.7. The van der Waals surface area contributed by atoms with Gasteiger partial charge in [-0.05, 0) is 48.4 Å². The van der Waals surface area contributed by atoms with Crippen LogP contribution in [0.15, 0.2) is 66.4 Å². The lowest BCUT2D eigenvalue weighted by molar-refractivity contribution is 0.0733. The molecule has 1 aliphatic heterocycles. The Labute approximate surface area is 179 Å². The van der Waals surface area contributed by atoms with Crippen LogP contribution in [0.5, 0.6) is 23.0 Å². The van der Waals surface area contributed by atoms with Gasteiger partial charge in [-0.1, -0.05) is 24.3 Å². The first-order valence-electron chi connectivity index (χ1n) is 9.57. The molecule has 1 aliphatic rings. The molecule has 0 unspecified atom stereocenters. The molecular weight excluding hydrogens is 396 g/mol. The molecule has 156 valence electrons. The van der Waals surface area contributed by atoms with Gasteiger partial charge in [-0.3, -0.25) is 4.79 Å². The number of allylic oxidation sites excluding steroid dienone is 1. The van der Waals surface area contributed by atoms with Gasteiger partial charge in [0.05, 0.1) is 25.3 Å². The smallest absolute Gasteiger partial charge is 0.343 e. The molecule has 0 atom stereocenters. The van der Waals surface area contributed by atoms with Crippen LogP contribution in [0.25, 0.3) is 6.08 Å². The number of ketones is 1. The fourth-order valence-electron chi connectivity index (χ4n) is 3.21. The maximum atomic E-state index is 12.7. The van der Waals surface area contributed by atoms with Gasteiger partial charge in [-0.25, -0.2) is 4.79 Å². The van der Waals surface area contributed by atoms with Crippen molar-refractivity contribution in [3.63, 3.8) is 0 Å². The fourth-order valence-corrected chi connectivity index (χ4v) is 3.21. The number of hydrogen-bond donors (Lipinski definition) is 0. The van der Waals surface area contributed by atoms with Crippen molar-refractivity contribution in [3.05, 3.63) is 88.7 Å². The highest BCUT2D eigenvalue weighted by atomic mass is 16.5. The molecule has 0 spiro atoms. The lowest BCUT2D eigenvalue weighted by Gasteiger charge is -2.09. The fraction of sp³-hybridized carbons (Fsp3) is 0.120. The van der Waals surface area contributed by atoms with E-state index in [1.807, 2.05) is 31.2 Å². The molecule has 3 aromatic rings. The molecule has 31 heavy (non-hydrogen) atoms. The number of benzene rings is 3. The average molecular weight is 416 g/mol. The average Bonchev–Trinajstić information content (AvgIpc) is 3.09. The monoisotopic (exact) mass is 416 g/mol. The summed E-state index contributed by atoms with van der Waals surface area (Å²) in [5.74, 6) is 0.977. The number of esters is 1. The van der Waals surface area contributed by atoms with Gasteiger partial charge in [-0.2, -0.15) is 0 Å². The van der Waals surface area contributed by atoms with Crippen LogP contribution in [-0.2, 0) is 0 Å². The minimum Gasteiger partial charge on any atom is -0.497 e. The summed E-state index contributed by atoms with van der Waals surface area (Å²) < 4.78 is 21.6. The SMILES string of the molecule is COc1cc(OC)cc(C(=O)Oc2ccc3c(c2)O/C(=C\c2ccccc2C)C3=O)c1. The molecule has 0 amide bonds. The molecule has 6 nitrogen and oxygen atoms in total. The van der Waals surface area contributed by atoms with E-state index < -0.39 is 5.97 Å². The van der Waals surface area contributed by atoms with Gasteiger partial charge in [0.25, 0.3) is 0 Å². The lowest BCUT2D eigenvalue weighted by atomic mass is 10.1. The Balaban J connectivity index is 1.56. The highest BCUT2D eigenvalue weighted by Gasteiger charge is 2.28. The van der Waals surface area contributed by atoms with Crippen molar-refractivity contribution in [3.8, 4) is 23.0 Å². The minimum absolute atomic E-state index is 0.214. The van der Waals surface area contributed by atoms with Gasteiger partial charge < -0.3 is 18.9 Å². The third-order valence-corrected chi connectivity index (χ3v) is 4.91. The zero-order valence-corrected chi connectivity index (χ0v) is 17.3. The van der Waals surface area contributed by atoms with Gasteiger partial charge in [0.2, 0.25) is 5.78 Å². The van der Waals surface area contributed by atoms with E-state index in [0.717, 1.165) is 11.1 Å². The summed E-state index contributed by atoms with van der Waals surface area (Å²) in [5.41, 5.74) is 2.62. The molecule has 0 fully saturated rings. The molecule has 0 radical (unpaired) electrons. The molecular formula is C25H20O6. The zero-order valence-electron chi connectivity index (χ0n) is 17.3. The Morgan fingerprint density at radius 2 is 1.61 bits per heavy atom. The highest BCUT2D eigenvalue weighted by molar-refractivity contribution is 6.14. The predicted molar refractivity (Wildman–Crippen MR) is 115 cm³/mol. The van der Waals surface area contributed by atoms with E-state index in [0.29, 0.717) is 22.8 Å². The Hall–Kier alpha value is -4.06. The van der Waals surface area contributed by atoms with Crippen LogP contribution < -0.4 is 18.9 Å². The van der Waals surface area contributed by atoms with Crippen LogP contribution in [0.3, 0.4) is 0 Å². The van der Waals surface area contributed by atoms with Crippen molar-refractivity contribution in [2.24, 2.45) is 0 Å². The first-order chi connectivity index (χ1) is 15.0. The summed E-state index contributed by atoms with van der Waals surface area (Å²) in [7, 11) is 3.00. The molecule has 0 saturated heterocycles. The van der Waals surface area contributed by atoms with Crippen LogP contribution in [0.2, 0.25) is 0 Å². The molecule has 4 rings (SSSR count). The first-order valence-corrected chi connectivity index (χ1v) is 9.57. The second kappa shape index (κ2) is 8.36. The number of carbonyl (C=O) groups is 2. The zero-order chi connectivity index (χ0) is 22.0. The Morgan fingerprint density at radius 1 is 0.903 bits per heavy atom. The Morgan fingerprint density at radius 3 is 2.29 bits per heavy atom. The van der Waals surface area contributed by atoms with Gasteiger partial charge in [0.15, 0.2) is 5.76 Å². The summed E-state index contributed by atoms with van der Waals surface area (Å²) >= 11 is 0. The van der Waals surface area contributed by atoms with Crippen LogP contribution in [0, 0.1) is 6.92 Å². The van der Waals surface area contributed by atoms with Crippen LogP contribution in [0.4, 0.5) is 0 Å². The van der Waals surface area contributed by atoms with E-state index in [2.05, 4.69) is 0 Å². The van der Waals surface area contributed by atoms with E-state index >= 15 is 0 Å². The van der Waals surface area contributed by atoms with E-state index in [1.165, 1.54) is 20.3 Å². The van der Waals surface area contributed by atoms with Crippen molar-refractivity contribution in [2.45, 2.75) is 6.92 Å². The van der Waals surface area contributed by atoms with Gasteiger partial charge in [-0.15, -0.1) is 0 Å². The molecule has 0 aromatic heterocycles. The van der Waals surface area contributed by atoms with Gasteiger partial charge in [0.1, 0.15) is 23.0 Å². The summed E-state index contributed by atoms with van der Waals surface area (Å²) in [6.07, 6.45) is 1.71. The third-order valence-electron chi connectivity index (χ3n) is 4.91. The molecule has 0 bridgehead atoms. The second-order valence-corrected chi connectivity index (χ2v) is 6.95. The van der Waals surface area contributed by atoms with Crippen LogP contribution in [0.1, 0.15) is 31.8 Å². The molecule has 0 saturated carbocycles. The summed E-state index contributed by atoms with van der Waals surface area (Å²) in [4.78, 5) is 25.3. The molecule has 6 heteroatoms. The number of carbonyl (C=O) groups excluding carboxylic acids is 2. The molecule has 0 N–H and O–H groups in total. The van der Waals surface area contributed by atoms with Crippen molar-refractivity contribution >= 4 is 17.8 Å². The summed E-state index contributed by atoms with van der Waals surface area (Å²) in [5, 5.41) is 0. The van der Waals surface area contributed by atoms with Crippen LogP contribution in [-0.4, -0.2) is 26.0 Å². The first kappa shape index (κ1) is 20.2. The second-order valence-electron chi connectivity index (χ2n) is 6.95. The number of aryl methyl sites for hydroxylation is 1. The topological polar surface area (TPSA) is 71.1 Å². The van der Waals surface area contributed by atoms with E-state index in [9.17, 15) is 9.59 Å². The largest absolute Gasteiger partial charge is 0.497 e. The van der Waals surface area contributed by atoms with Gasteiger partial charge in [0, 0.05) is 12.1 Å². The van der Waals surface area contributed by atoms with Gasteiger partial charge >= 0.3 is 5.97 Å². The number of fused-ring (bicyclic) bond motifs is 1. The normalized spacial score (nSPS) is 13.5. The number of hydrogen-bond acceptors (Lipinski definition) is 6. The number of rotatable bonds is 5. The quantitative estimate of drug-likeness (QED) is 0.336.